The fourth-order valence-electron chi connectivity index (χ4n) is 2.29. The lowest BCUT2D eigenvalue weighted by molar-refractivity contribution is 0.415. The summed E-state index contributed by atoms with van der Waals surface area (Å²) in [6.45, 7) is 0.653. The zero-order valence-electron chi connectivity index (χ0n) is 12.9. The number of nitrogens with zero attached hydrogens (tertiary/aromatic N) is 4. The second-order valence-electron chi connectivity index (χ2n) is 5.08. The number of hydrogen-bond donors (Lipinski definition) is 1. The van der Waals surface area contributed by atoms with Crippen LogP contribution < -0.4 is 10.1 Å². The molecule has 2 heterocycles. The third-order valence-electron chi connectivity index (χ3n) is 3.59. The summed E-state index contributed by atoms with van der Waals surface area (Å²) in [6, 6.07) is 9.91. The molecule has 0 aliphatic carbocycles. The minimum atomic E-state index is 0.653. The van der Waals surface area contributed by atoms with Gasteiger partial charge in [0.2, 0.25) is 0 Å². The molecule has 0 radical (unpaired) electrons. The normalized spacial score (nSPS) is 10.7. The Balaban J connectivity index is 1.79. The van der Waals surface area contributed by atoms with E-state index in [2.05, 4.69) is 15.4 Å². The van der Waals surface area contributed by atoms with E-state index in [1.807, 2.05) is 59.9 Å². The SMILES string of the molecule is COc1cccc(-c2cc(NCc3nccn3C)n(C)n2)c1. The lowest BCUT2D eigenvalue weighted by Crippen LogP contribution is -2.08. The van der Waals surface area contributed by atoms with Gasteiger partial charge in [-0.1, -0.05) is 12.1 Å². The van der Waals surface area contributed by atoms with Gasteiger partial charge in [-0.3, -0.25) is 4.68 Å². The molecular weight excluding hydrogens is 278 g/mol. The Hall–Kier alpha value is -2.76. The topological polar surface area (TPSA) is 56.9 Å². The highest BCUT2D eigenvalue weighted by atomic mass is 16.5. The van der Waals surface area contributed by atoms with Crippen LogP contribution in [0, 0.1) is 0 Å². The number of hydrogen-bond acceptors (Lipinski definition) is 4. The van der Waals surface area contributed by atoms with Gasteiger partial charge in [0.15, 0.2) is 0 Å². The molecule has 1 aromatic carbocycles. The predicted molar refractivity (Wildman–Crippen MR) is 85.7 cm³/mol. The first kappa shape index (κ1) is 14.2. The summed E-state index contributed by atoms with van der Waals surface area (Å²) >= 11 is 0. The Morgan fingerprint density at radius 3 is 2.82 bits per heavy atom. The monoisotopic (exact) mass is 297 g/mol. The minimum Gasteiger partial charge on any atom is -0.497 e. The van der Waals surface area contributed by atoms with Gasteiger partial charge in [0.25, 0.3) is 0 Å². The third kappa shape index (κ3) is 2.81. The number of anilines is 1. The summed E-state index contributed by atoms with van der Waals surface area (Å²) in [5, 5.41) is 7.91. The van der Waals surface area contributed by atoms with E-state index in [1.54, 1.807) is 13.3 Å². The maximum Gasteiger partial charge on any atom is 0.127 e. The van der Waals surface area contributed by atoms with E-state index in [0.29, 0.717) is 6.54 Å². The average Bonchev–Trinajstić information content (AvgIpc) is 3.11. The van der Waals surface area contributed by atoms with Crippen molar-refractivity contribution in [3.8, 4) is 17.0 Å². The zero-order chi connectivity index (χ0) is 15.5. The molecule has 114 valence electrons. The Labute approximate surface area is 129 Å². The summed E-state index contributed by atoms with van der Waals surface area (Å²) in [7, 11) is 5.57. The first-order chi connectivity index (χ1) is 10.7. The Morgan fingerprint density at radius 2 is 2.09 bits per heavy atom. The Morgan fingerprint density at radius 1 is 1.23 bits per heavy atom. The summed E-state index contributed by atoms with van der Waals surface area (Å²) < 4.78 is 9.09. The maximum absolute atomic E-state index is 5.26. The van der Waals surface area contributed by atoms with E-state index in [4.69, 9.17) is 4.74 Å². The number of aromatic nitrogens is 4. The van der Waals surface area contributed by atoms with E-state index >= 15 is 0 Å². The van der Waals surface area contributed by atoms with Crippen molar-refractivity contribution in [3.05, 3.63) is 48.5 Å². The van der Waals surface area contributed by atoms with E-state index < -0.39 is 0 Å². The zero-order valence-corrected chi connectivity index (χ0v) is 12.9. The second kappa shape index (κ2) is 5.93. The molecule has 0 spiro atoms. The van der Waals surface area contributed by atoms with E-state index in [9.17, 15) is 0 Å². The predicted octanol–water partition coefficient (Wildman–Crippen LogP) is 2.44. The first-order valence-electron chi connectivity index (χ1n) is 7.06. The molecule has 1 N–H and O–H groups in total. The highest BCUT2D eigenvalue weighted by Crippen LogP contribution is 2.25. The van der Waals surface area contributed by atoms with Gasteiger partial charge in [0, 0.05) is 38.1 Å². The lowest BCUT2D eigenvalue weighted by atomic mass is 10.1. The fraction of sp³-hybridized carbons (Fsp3) is 0.250. The van der Waals surface area contributed by atoms with Crippen molar-refractivity contribution in [2.24, 2.45) is 14.1 Å². The van der Waals surface area contributed by atoms with E-state index in [1.165, 1.54) is 0 Å². The van der Waals surface area contributed by atoms with Crippen LogP contribution in [-0.4, -0.2) is 26.4 Å². The molecular formula is C16H19N5O. The van der Waals surface area contributed by atoms with Gasteiger partial charge in [-0.15, -0.1) is 0 Å². The molecule has 0 saturated carbocycles. The van der Waals surface area contributed by atoms with Crippen molar-refractivity contribution in [1.82, 2.24) is 19.3 Å². The number of aryl methyl sites for hydroxylation is 2. The quantitative estimate of drug-likeness (QED) is 0.786. The number of imidazole rings is 1. The first-order valence-corrected chi connectivity index (χ1v) is 7.06. The number of rotatable bonds is 5. The van der Waals surface area contributed by atoms with Crippen molar-refractivity contribution in [3.63, 3.8) is 0 Å². The largest absolute Gasteiger partial charge is 0.497 e. The van der Waals surface area contributed by atoms with Crippen molar-refractivity contribution in [1.29, 1.82) is 0 Å². The van der Waals surface area contributed by atoms with Crippen LogP contribution in [0.4, 0.5) is 5.82 Å². The summed E-state index contributed by atoms with van der Waals surface area (Å²) in [4.78, 5) is 4.30. The van der Waals surface area contributed by atoms with Crippen LogP contribution in [0.5, 0.6) is 5.75 Å². The molecule has 0 fully saturated rings. The molecule has 0 amide bonds. The lowest BCUT2D eigenvalue weighted by Gasteiger charge is -2.05. The van der Waals surface area contributed by atoms with Crippen molar-refractivity contribution >= 4 is 5.82 Å². The molecule has 0 aliphatic heterocycles. The van der Waals surface area contributed by atoms with Gasteiger partial charge in [-0.25, -0.2) is 4.98 Å². The fourth-order valence-corrected chi connectivity index (χ4v) is 2.29. The summed E-state index contributed by atoms with van der Waals surface area (Å²) in [5.74, 6) is 2.75. The van der Waals surface area contributed by atoms with Crippen LogP contribution >= 0.6 is 0 Å². The van der Waals surface area contributed by atoms with Crippen molar-refractivity contribution in [2.45, 2.75) is 6.54 Å². The molecule has 0 bridgehead atoms. The molecule has 0 atom stereocenters. The summed E-state index contributed by atoms with van der Waals surface area (Å²) in [5.41, 5.74) is 1.93. The number of ether oxygens (including phenoxy) is 1. The third-order valence-corrected chi connectivity index (χ3v) is 3.59. The van der Waals surface area contributed by atoms with Crippen LogP contribution in [0.15, 0.2) is 42.7 Å². The van der Waals surface area contributed by atoms with Gasteiger partial charge in [-0.05, 0) is 12.1 Å². The number of nitrogens with one attached hydrogen (secondary N) is 1. The van der Waals surface area contributed by atoms with Crippen LogP contribution in [0.25, 0.3) is 11.3 Å². The number of methoxy groups -OCH3 is 1. The van der Waals surface area contributed by atoms with Gasteiger partial charge in [-0.2, -0.15) is 5.10 Å². The smallest absolute Gasteiger partial charge is 0.127 e. The molecule has 3 rings (SSSR count). The molecule has 0 aliphatic rings. The number of benzene rings is 1. The highest BCUT2D eigenvalue weighted by Gasteiger charge is 2.08. The van der Waals surface area contributed by atoms with Crippen LogP contribution in [0.2, 0.25) is 0 Å². The van der Waals surface area contributed by atoms with Gasteiger partial charge in [0.05, 0.1) is 19.3 Å². The molecule has 0 saturated heterocycles. The van der Waals surface area contributed by atoms with E-state index in [-0.39, 0.29) is 0 Å². The average molecular weight is 297 g/mol. The highest BCUT2D eigenvalue weighted by molar-refractivity contribution is 5.64. The second-order valence-corrected chi connectivity index (χ2v) is 5.08. The van der Waals surface area contributed by atoms with Crippen LogP contribution in [0.3, 0.4) is 0 Å². The van der Waals surface area contributed by atoms with Crippen LogP contribution in [-0.2, 0) is 20.6 Å². The molecule has 6 nitrogen and oxygen atoms in total. The molecule has 6 heteroatoms. The minimum absolute atomic E-state index is 0.653. The summed E-state index contributed by atoms with van der Waals surface area (Å²) in [6.07, 6.45) is 3.73. The van der Waals surface area contributed by atoms with Gasteiger partial charge < -0.3 is 14.6 Å². The van der Waals surface area contributed by atoms with Crippen molar-refractivity contribution in [2.75, 3.05) is 12.4 Å². The molecule has 22 heavy (non-hydrogen) atoms. The molecule has 3 aromatic rings. The standard InChI is InChI=1S/C16H19N5O/c1-20-8-7-17-16(20)11-18-15-10-14(19-21(15)2)12-5-4-6-13(9-12)22-3/h4-10,18H,11H2,1-3H3. The van der Waals surface area contributed by atoms with Crippen molar-refractivity contribution < 1.29 is 4.74 Å². The molecule has 2 aromatic heterocycles. The molecule has 0 unspecified atom stereocenters. The van der Waals surface area contributed by atoms with Gasteiger partial charge in [0.1, 0.15) is 17.4 Å². The van der Waals surface area contributed by atoms with Gasteiger partial charge >= 0.3 is 0 Å². The van der Waals surface area contributed by atoms with E-state index in [0.717, 1.165) is 28.6 Å². The Kier molecular flexibility index (Phi) is 3.82. The van der Waals surface area contributed by atoms with Crippen LogP contribution in [0.1, 0.15) is 5.82 Å². The Bertz CT molecular complexity index is 774. The maximum atomic E-state index is 5.26.